The standard InChI is InChI=1S/C29H36N2O2S/c1-30(34(32,33)29-15-9-4-10-16-29)24-26(23-25-11-5-2-6-12-25)17-20-31-21-18-28(19-22-31)27-13-7-3-8-14-27/h2-16,26,28H,17-24H2,1H3/t26-/m1/s1. The molecule has 4 nitrogen and oxygen atoms in total. The van der Waals surface area contributed by atoms with E-state index in [2.05, 4.69) is 59.5 Å². The zero-order valence-electron chi connectivity index (χ0n) is 20.1. The molecule has 1 saturated heterocycles. The fourth-order valence-corrected chi connectivity index (χ4v) is 6.29. The van der Waals surface area contributed by atoms with Gasteiger partial charge in [0.25, 0.3) is 0 Å². The van der Waals surface area contributed by atoms with Gasteiger partial charge in [0.05, 0.1) is 4.90 Å². The van der Waals surface area contributed by atoms with Crippen LogP contribution in [0.25, 0.3) is 0 Å². The molecule has 34 heavy (non-hydrogen) atoms. The van der Waals surface area contributed by atoms with Crippen molar-refractivity contribution in [1.29, 1.82) is 0 Å². The molecule has 180 valence electrons. The van der Waals surface area contributed by atoms with Crippen LogP contribution < -0.4 is 0 Å². The number of piperidine rings is 1. The summed E-state index contributed by atoms with van der Waals surface area (Å²) in [7, 11) is -1.77. The van der Waals surface area contributed by atoms with Crippen LogP contribution in [-0.2, 0) is 16.4 Å². The molecule has 0 radical (unpaired) electrons. The van der Waals surface area contributed by atoms with E-state index in [4.69, 9.17) is 0 Å². The summed E-state index contributed by atoms with van der Waals surface area (Å²) >= 11 is 0. The van der Waals surface area contributed by atoms with Crippen molar-refractivity contribution in [3.63, 3.8) is 0 Å². The lowest BCUT2D eigenvalue weighted by molar-refractivity contribution is 0.194. The van der Waals surface area contributed by atoms with Crippen LogP contribution in [0.2, 0.25) is 0 Å². The molecule has 0 aliphatic carbocycles. The van der Waals surface area contributed by atoms with Crippen LogP contribution >= 0.6 is 0 Å². The second-order valence-corrected chi connectivity index (χ2v) is 11.5. The molecular weight excluding hydrogens is 440 g/mol. The molecular formula is C29H36N2O2S. The highest BCUT2D eigenvalue weighted by Crippen LogP contribution is 2.28. The summed E-state index contributed by atoms with van der Waals surface area (Å²) in [5.41, 5.74) is 2.72. The second-order valence-electron chi connectivity index (χ2n) is 9.47. The molecule has 0 saturated carbocycles. The molecule has 1 aliphatic rings. The van der Waals surface area contributed by atoms with Crippen molar-refractivity contribution >= 4 is 10.0 Å². The van der Waals surface area contributed by atoms with Gasteiger partial charge in [-0.2, -0.15) is 0 Å². The normalized spacial score (nSPS) is 16.5. The molecule has 5 heteroatoms. The fraction of sp³-hybridized carbons (Fsp3) is 0.379. The van der Waals surface area contributed by atoms with Crippen LogP contribution in [0.1, 0.15) is 36.3 Å². The lowest BCUT2D eigenvalue weighted by atomic mass is 9.89. The Labute approximate surface area is 205 Å². The molecule has 3 aromatic rings. The summed E-state index contributed by atoms with van der Waals surface area (Å²) in [4.78, 5) is 2.92. The van der Waals surface area contributed by atoms with Crippen molar-refractivity contribution in [2.45, 2.75) is 36.5 Å². The van der Waals surface area contributed by atoms with E-state index in [-0.39, 0.29) is 5.92 Å². The van der Waals surface area contributed by atoms with Gasteiger partial charge in [0.15, 0.2) is 0 Å². The highest BCUT2D eigenvalue weighted by Gasteiger charge is 2.25. The van der Waals surface area contributed by atoms with E-state index < -0.39 is 10.0 Å². The van der Waals surface area contributed by atoms with Crippen LogP contribution in [0, 0.1) is 5.92 Å². The topological polar surface area (TPSA) is 40.6 Å². The quantitative estimate of drug-likeness (QED) is 0.391. The minimum absolute atomic E-state index is 0.262. The zero-order chi connectivity index (χ0) is 23.8. The van der Waals surface area contributed by atoms with E-state index in [0.29, 0.717) is 17.4 Å². The highest BCUT2D eigenvalue weighted by atomic mass is 32.2. The fourth-order valence-electron chi connectivity index (χ4n) is 5.02. The third-order valence-electron chi connectivity index (χ3n) is 7.05. The Balaban J connectivity index is 1.37. The number of sulfonamides is 1. The summed E-state index contributed by atoms with van der Waals surface area (Å²) in [5, 5.41) is 0. The molecule has 0 N–H and O–H groups in total. The van der Waals surface area contributed by atoms with Crippen LogP contribution in [0.3, 0.4) is 0 Å². The average Bonchev–Trinajstić information content (AvgIpc) is 2.89. The zero-order valence-corrected chi connectivity index (χ0v) is 20.9. The van der Waals surface area contributed by atoms with Gasteiger partial charge in [0, 0.05) is 13.6 Å². The SMILES string of the molecule is CN(C[C@H](CCN1CCC(c2ccccc2)CC1)Cc1ccccc1)S(=O)(=O)c1ccccc1. The molecule has 1 aliphatic heterocycles. The lowest BCUT2D eigenvalue weighted by Crippen LogP contribution is -2.37. The number of likely N-dealkylation sites (tertiary alicyclic amines) is 1. The molecule has 3 aromatic carbocycles. The van der Waals surface area contributed by atoms with E-state index in [1.807, 2.05) is 12.1 Å². The monoisotopic (exact) mass is 476 g/mol. The van der Waals surface area contributed by atoms with Crippen LogP contribution in [0.5, 0.6) is 0 Å². The summed E-state index contributed by atoms with van der Waals surface area (Å²) < 4.78 is 27.8. The highest BCUT2D eigenvalue weighted by molar-refractivity contribution is 7.89. The Morgan fingerprint density at radius 2 is 1.41 bits per heavy atom. The van der Waals surface area contributed by atoms with Gasteiger partial charge in [-0.05, 0) is 80.4 Å². The van der Waals surface area contributed by atoms with Gasteiger partial charge in [-0.1, -0.05) is 78.9 Å². The Morgan fingerprint density at radius 3 is 2.03 bits per heavy atom. The van der Waals surface area contributed by atoms with E-state index in [9.17, 15) is 8.42 Å². The first-order valence-electron chi connectivity index (χ1n) is 12.3. The molecule has 0 bridgehead atoms. The first-order chi connectivity index (χ1) is 16.5. The number of rotatable bonds is 10. The maximum absolute atomic E-state index is 13.1. The van der Waals surface area contributed by atoms with E-state index in [1.165, 1.54) is 28.3 Å². The van der Waals surface area contributed by atoms with Crippen LogP contribution in [0.15, 0.2) is 95.9 Å². The average molecular weight is 477 g/mol. The third kappa shape index (κ3) is 6.56. The first kappa shape index (κ1) is 24.6. The lowest BCUT2D eigenvalue weighted by Gasteiger charge is -2.33. The number of benzene rings is 3. The second kappa shape index (κ2) is 11.8. The number of hydrogen-bond donors (Lipinski definition) is 0. The van der Waals surface area contributed by atoms with Gasteiger partial charge >= 0.3 is 0 Å². The minimum Gasteiger partial charge on any atom is -0.303 e. The molecule has 1 atom stereocenters. The Bertz CT molecular complexity index is 1100. The van der Waals surface area contributed by atoms with Crippen molar-refractivity contribution in [2.75, 3.05) is 33.2 Å². The number of nitrogens with zero attached hydrogens (tertiary/aromatic N) is 2. The minimum atomic E-state index is -3.49. The first-order valence-corrected chi connectivity index (χ1v) is 13.8. The van der Waals surface area contributed by atoms with Crippen molar-refractivity contribution in [3.05, 3.63) is 102 Å². The van der Waals surface area contributed by atoms with Crippen LogP contribution in [-0.4, -0.2) is 50.8 Å². The number of hydrogen-bond acceptors (Lipinski definition) is 3. The summed E-state index contributed by atoms with van der Waals surface area (Å²) in [6.45, 7) is 3.75. The summed E-state index contributed by atoms with van der Waals surface area (Å²) in [6.07, 6.45) is 4.25. The van der Waals surface area contributed by atoms with Crippen LogP contribution in [0.4, 0.5) is 0 Å². The van der Waals surface area contributed by atoms with Gasteiger partial charge in [0.1, 0.15) is 0 Å². The van der Waals surface area contributed by atoms with Gasteiger partial charge in [-0.3, -0.25) is 0 Å². The van der Waals surface area contributed by atoms with Crippen molar-refractivity contribution in [1.82, 2.24) is 9.21 Å². The van der Waals surface area contributed by atoms with Gasteiger partial charge in [-0.25, -0.2) is 12.7 Å². The molecule has 1 heterocycles. The molecule has 0 spiro atoms. The Kier molecular flexibility index (Phi) is 8.54. The van der Waals surface area contributed by atoms with E-state index in [0.717, 1.165) is 32.5 Å². The van der Waals surface area contributed by atoms with Crippen molar-refractivity contribution in [3.8, 4) is 0 Å². The predicted molar refractivity (Wildman–Crippen MR) is 139 cm³/mol. The molecule has 0 aromatic heterocycles. The summed E-state index contributed by atoms with van der Waals surface area (Å²) in [6, 6.07) is 30.0. The van der Waals surface area contributed by atoms with Crippen molar-refractivity contribution in [2.24, 2.45) is 5.92 Å². The maximum Gasteiger partial charge on any atom is 0.242 e. The molecule has 0 amide bonds. The predicted octanol–water partition coefficient (Wildman–Crippen LogP) is 5.44. The maximum atomic E-state index is 13.1. The Morgan fingerprint density at radius 1 is 0.853 bits per heavy atom. The van der Waals surface area contributed by atoms with E-state index >= 15 is 0 Å². The van der Waals surface area contributed by atoms with Gasteiger partial charge in [-0.15, -0.1) is 0 Å². The van der Waals surface area contributed by atoms with E-state index in [1.54, 1.807) is 31.3 Å². The van der Waals surface area contributed by atoms with Crippen molar-refractivity contribution < 1.29 is 8.42 Å². The molecule has 4 rings (SSSR count). The van der Waals surface area contributed by atoms with Gasteiger partial charge in [0.2, 0.25) is 10.0 Å². The molecule has 1 fully saturated rings. The Hall–Kier alpha value is -2.47. The largest absolute Gasteiger partial charge is 0.303 e. The smallest absolute Gasteiger partial charge is 0.242 e. The van der Waals surface area contributed by atoms with Gasteiger partial charge < -0.3 is 4.90 Å². The molecule has 0 unspecified atom stereocenters. The third-order valence-corrected chi connectivity index (χ3v) is 8.88. The summed E-state index contributed by atoms with van der Waals surface area (Å²) in [5.74, 6) is 0.914.